The fourth-order valence-electron chi connectivity index (χ4n) is 1.86. The number of benzene rings is 1. The van der Waals surface area contributed by atoms with Crippen LogP contribution in [0.2, 0.25) is 0 Å². The van der Waals surface area contributed by atoms with E-state index in [2.05, 4.69) is 0 Å². The third-order valence-corrected chi connectivity index (χ3v) is 2.58. The van der Waals surface area contributed by atoms with Crippen LogP contribution in [0.1, 0.15) is 16.8 Å². The van der Waals surface area contributed by atoms with Crippen LogP contribution in [-0.4, -0.2) is 27.4 Å². The first-order valence-electron chi connectivity index (χ1n) is 5.16. The average Bonchev–Trinajstić information content (AvgIpc) is 2.69. The summed E-state index contributed by atoms with van der Waals surface area (Å²) in [5, 5.41) is 18.8. The van der Waals surface area contributed by atoms with Gasteiger partial charge >= 0.3 is 5.97 Å². The van der Waals surface area contributed by atoms with E-state index in [-0.39, 0.29) is 6.61 Å². The third-order valence-electron chi connectivity index (χ3n) is 2.58. The third kappa shape index (κ3) is 1.79. The van der Waals surface area contributed by atoms with Crippen LogP contribution in [0.3, 0.4) is 0 Å². The molecule has 0 radical (unpaired) electrons. The summed E-state index contributed by atoms with van der Waals surface area (Å²) >= 11 is 0. The zero-order valence-electron chi connectivity index (χ0n) is 8.76. The quantitative estimate of drug-likeness (QED) is 0.823. The monoisotopic (exact) mass is 219 g/mol. The van der Waals surface area contributed by atoms with Crippen LogP contribution in [0.15, 0.2) is 30.5 Å². The molecule has 0 aliphatic carbocycles. The van der Waals surface area contributed by atoms with E-state index < -0.39 is 5.97 Å². The van der Waals surface area contributed by atoms with Crippen LogP contribution in [0.4, 0.5) is 0 Å². The number of para-hydroxylation sites is 1. The molecule has 0 saturated carbocycles. The topological polar surface area (TPSA) is 62.5 Å². The predicted octanol–water partition coefficient (Wildman–Crippen LogP) is 1.72. The molecular weight excluding hydrogens is 206 g/mol. The molecule has 1 aromatic heterocycles. The van der Waals surface area contributed by atoms with Gasteiger partial charge in [-0.2, -0.15) is 0 Å². The number of aromatic nitrogens is 1. The summed E-state index contributed by atoms with van der Waals surface area (Å²) in [6.45, 7) is 0.735. The van der Waals surface area contributed by atoms with Crippen LogP contribution >= 0.6 is 0 Å². The van der Waals surface area contributed by atoms with Crippen LogP contribution in [-0.2, 0) is 6.54 Å². The lowest BCUT2D eigenvalue weighted by Crippen LogP contribution is -2.04. The number of aliphatic hydroxyl groups excluding tert-OH is 1. The van der Waals surface area contributed by atoms with Crippen LogP contribution in [0.25, 0.3) is 10.9 Å². The molecule has 1 heterocycles. The fraction of sp³-hybridized carbons (Fsp3) is 0.250. The Kier molecular flexibility index (Phi) is 2.92. The van der Waals surface area contributed by atoms with Gasteiger partial charge < -0.3 is 14.8 Å². The lowest BCUT2D eigenvalue weighted by Gasteiger charge is -2.06. The van der Waals surface area contributed by atoms with Crippen molar-refractivity contribution in [2.75, 3.05) is 6.61 Å². The number of aromatic carboxylic acids is 1. The Balaban J connectivity index is 2.54. The highest BCUT2D eigenvalue weighted by atomic mass is 16.4. The summed E-state index contributed by atoms with van der Waals surface area (Å²) in [5.74, 6) is -0.922. The van der Waals surface area contributed by atoms with Crippen molar-refractivity contribution in [3.63, 3.8) is 0 Å². The number of hydrogen-bond donors (Lipinski definition) is 2. The van der Waals surface area contributed by atoms with Crippen molar-refractivity contribution in [3.05, 3.63) is 36.0 Å². The molecule has 0 saturated heterocycles. The van der Waals surface area contributed by atoms with Crippen molar-refractivity contribution < 1.29 is 15.0 Å². The minimum atomic E-state index is -0.922. The molecule has 0 amide bonds. The maximum absolute atomic E-state index is 11.1. The van der Waals surface area contributed by atoms with Gasteiger partial charge in [-0.05, 0) is 18.6 Å². The van der Waals surface area contributed by atoms with Gasteiger partial charge in [-0.1, -0.05) is 12.1 Å². The SMILES string of the molecule is O=C(O)c1cccc2ccn(CCCO)c12. The maximum atomic E-state index is 11.1. The molecule has 0 bridgehead atoms. The first-order chi connectivity index (χ1) is 7.74. The van der Waals surface area contributed by atoms with E-state index in [0.29, 0.717) is 18.5 Å². The maximum Gasteiger partial charge on any atom is 0.337 e. The second-order valence-electron chi connectivity index (χ2n) is 3.63. The van der Waals surface area contributed by atoms with E-state index in [9.17, 15) is 4.79 Å². The van der Waals surface area contributed by atoms with Crippen LogP contribution in [0, 0.1) is 0 Å². The molecule has 2 N–H and O–H groups in total. The average molecular weight is 219 g/mol. The number of carboxylic acid groups (broad SMARTS) is 1. The molecule has 0 aliphatic rings. The summed E-state index contributed by atoms with van der Waals surface area (Å²) in [6, 6.07) is 7.11. The molecule has 2 aromatic rings. The Bertz CT molecular complexity index is 516. The summed E-state index contributed by atoms with van der Waals surface area (Å²) < 4.78 is 1.87. The molecule has 84 valence electrons. The molecule has 0 atom stereocenters. The molecule has 2 rings (SSSR count). The van der Waals surface area contributed by atoms with Crippen LogP contribution in [0.5, 0.6) is 0 Å². The lowest BCUT2D eigenvalue weighted by atomic mass is 10.1. The first kappa shape index (κ1) is 10.7. The Morgan fingerprint density at radius 3 is 2.81 bits per heavy atom. The fourth-order valence-corrected chi connectivity index (χ4v) is 1.86. The van der Waals surface area contributed by atoms with E-state index in [1.54, 1.807) is 12.1 Å². The number of hydrogen-bond acceptors (Lipinski definition) is 2. The van der Waals surface area contributed by atoms with E-state index in [0.717, 1.165) is 10.9 Å². The highest BCUT2D eigenvalue weighted by Crippen LogP contribution is 2.20. The van der Waals surface area contributed by atoms with E-state index >= 15 is 0 Å². The molecule has 4 heteroatoms. The van der Waals surface area contributed by atoms with Gasteiger partial charge in [-0.25, -0.2) is 4.79 Å². The van der Waals surface area contributed by atoms with Gasteiger partial charge in [-0.15, -0.1) is 0 Å². The van der Waals surface area contributed by atoms with Gasteiger partial charge in [0.05, 0.1) is 11.1 Å². The molecule has 0 unspecified atom stereocenters. The first-order valence-corrected chi connectivity index (χ1v) is 5.16. The van der Waals surface area contributed by atoms with Crippen molar-refractivity contribution >= 4 is 16.9 Å². The van der Waals surface area contributed by atoms with Crippen molar-refractivity contribution in [2.24, 2.45) is 0 Å². The highest BCUT2D eigenvalue weighted by molar-refractivity contribution is 6.02. The van der Waals surface area contributed by atoms with Gasteiger partial charge in [-0.3, -0.25) is 0 Å². The number of fused-ring (bicyclic) bond motifs is 1. The van der Waals surface area contributed by atoms with Crippen LogP contribution < -0.4 is 0 Å². The van der Waals surface area contributed by atoms with Gasteiger partial charge in [0.1, 0.15) is 0 Å². The lowest BCUT2D eigenvalue weighted by molar-refractivity contribution is 0.0698. The molecule has 1 aromatic carbocycles. The zero-order valence-corrected chi connectivity index (χ0v) is 8.76. The standard InChI is InChI=1S/C12H13NO3/c14-8-2-6-13-7-5-9-3-1-4-10(11(9)13)12(15)16/h1,3-5,7,14H,2,6,8H2,(H,15,16). The van der Waals surface area contributed by atoms with Gasteiger partial charge in [0, 0.05) is 24.7 Å². The summed E-state index contributed by atoms with van der Waals surface area (Å²) in [6.07, 6.45) is 2.48. The summed E-state index contributed by atoms with van der Waals surface area (Å²) in [4.78, 5) is 11.1. The second-order valence-corrected chi connectivity index (χ2v) is 3.63. The minimum Gasteiger partial charge on any atom is -0.478 e. The Hall–Kier alpha value is -1.81. The van der Waals surface area contributed by atoms with E-state index in [4.69, 9.17) is 10.2 Å². The Labute approximate surface area is 92.7 Å². The number of aliphatic hydroxyl groups is 1. The summed E-state index contributed by atoms with van der Waals surface area (Å²) in [7, 11) is 0. The largest absolute Gasteiger partial charge is 0.478 e. The zero-order chi connectivity index (χ0) is 11.5. The predicted molar refractivity (Wildman–Crippen MR) is 60.6 cm³/mol. The smallest absolute Gasteiger partial charge is 0.337 e. The van der Waals surface area contributed by atoms with Gasteiger partial charge in [0.2, 0.25) is 0 Å². The van der Waals surface area contributed by atoms with Crippen molar-refractivity contribution in [3.8, 4) is 0 Å². The number of carboxylic acids is 1. The second kappa shape index (κ2) is 4.37. The molecule has 4 nitrogen and oxygen atoms in total. The molecule has 16 heavy (non-hydrogen) atoms. The number of rotatable bonds is 4. The minimum absolute atomic E-state index is 0.106. The van der Waals surface area contributed by atoms with E-state index in [1.165, 1.54) is 0 Å². The summed E-state index contributed by atoms with van der Waals surface area (Å²) in [5.41, 5.74) is 1.03. The normalized spacial score (nSPS) is 10.8. The van der Waals surface area contributed by atoms with Gasteiger partial charge in [0.25, 0.3) is 0 Å². The van der Waals surface area contributed by atoms with Gasteiger partial charge in [0.15, 0.2) is 0 Å². The molecule has 0 fully saturated rings. The number of carbonyl (C=O) groups is 1. The number of aryl methyl sites for hydroxylation is 1. The Morgan fingerprint density at radius 1 is 1.31 bits per heavy atom. The van der Waals surface area contributed by atoms with Crippen molar-refractivity contribution in [1.29, 1.82) is 0 Å². The highest BCUT2D eigenvalue weighted by Gasteiger charge is 2.11. The molecular formula is C12H13NO3. The van der Waals surface area contributed by atoms with E-state index in [1.807, 2.05) is 22.9 Å². The molecule has 0 spiro atoms. The Morgan fingerprint density at radius 2 is 2.12 bits per heavy atom. The van der Waals surface area contributed by atoms with Crippen molar-refractivity contribution in [1.82, 2.24) is 4.57 Å². The van der Waals surface area contributed by atoms with Crippen molar-refractivity contribution in [2.45, 2.75) is 13.0 Å². The number of nitrogens with zero attached hydrogens (tertiary/aromatic N) is 1. The molecule has 0 aliphatic heterocycles.